The summed E-state index contributed by atoms with van der Waals surface area (Å²) in [6.45, 7) is 0. The third-order valence-electron chi connectivity index (χ3n) is 1.26. The lowest BCUT2D eigenvalue weighted by atomic mass is 10.2. The molecule has 0 radical (unpaired) electrons. The average Bonchev–Trinajstić information content (AvgIpc) is 1.99. The lowest BCUT2D eigenvalue weighted by Gasteiger charge is -2.04. The number of rotatable bonds is 1. The Morgan fingerprint density at radius 3 is 1.67 bits per heavy atom. The summed E-state index contributed by atoms with van der Waals surface area (Å²) in [5, 5.41) is 1.02. The van der Waals surface area contributed by atoms with Crippen LogP contribution in [0.2, 0.25) is 15.1 Å². The van der Waals surface area contributed by atoms with E-state index in [1.54, 1.807) is 12.1 Å². The molecular weight excluding hydrogens is 261 g/mol. The maximum absolute atomic E-state index is 5.73. The Balaban J connectivity index is 3.21. The maximum atomic E-state index is 5.73. The van der Waals surface area contributed by atoms with Crippen LogP contribution in [0.4, 0.5) is 0 Å². The van der Waals surface area contributed by atoms with E-state index >= 15 is 0 Å². The lowest BCUT2D eigenvalue weighted by Crippen LogP contribution is -1.82. The van der Waals surface area contributed by atoms with Crippen molar-refractivity contribution in [3.63, 3.8) is 0 Å². The third-order valence-corrected chi connectivity index (χ3v) is 2.96. The first kappa shape index (κ1) is 10.7. The topological polar surface area (TPSA) is 0 Å². The molecular formula is C7H3Cl5. The van der Waals surface area contributed by atoms with Gasteiger partial charge in [-0.25, -0.2) is 0 Å². The van der Waals surface area contributed by atoms with Crippen LogP contribution in [0.1, 0.15) is 10.4 Å². The zero-order valence-corrected chi connectivity index (χ0v) is 9.40. The van der Waals surface area contributed by atoms with Gasteiger partial charge in [-0.05, 0) is 17.7 Å². The molecule has 0 fully saturated rings. The SMILES string of the molecule is Clc1cc(C(Cl)Cl)cc(Cl)c1Cl. The van der Waals surface area contributed by atoms with Crippen molar-refractivity contribution >= 4 is 58.0 Å². The fourth-order valence-electron chi connectivity index (χ4n) is 0.701. The van der Waals surface area contributed by atoms with Crippen LogP contribution < -0.4 is 0 Å². The van der Waals surface area contributed by atoms with Gasteiger partial charge in [0, 0.05) is 0 Å². The molecule has 1 aromatic carbocycles. The Morgan fingerprint density at radius 2 is 1.33 bits per heavy atom. The number of alkyl halides is 2. The fourth-order valence-corrected chi connectivity index (χ4v) is 1.57. The van der Waals surface area contributed by atoms with Crippen LogP contribution in [-0.4, -0.2) is 0 Å². The first-order valence-electron chi connectivity index (χ1n) is 2.95. The Labute approximate surface area is 95.3 Å². The minimum Gasteiger partial charge on any atom is -0.100 e. The van der Waals surface area contributed by atoms with E-state index < -0.39 is 4.84 Å². The summed E-state index contributed by atoms with van der Waals surface area (Å²) in [4.78, 5) is -0.641. The first-order chi connectivity index (χ1) is 5.52. The van der Waals surface area contributed by atoms with Crippen molar-refractivity contribution in [3.8, 4) is 0 Å². The van der Waals surface area contributed by atoms with Crippen molar-refractivity contribution in [2.75, 3.05) is 0 Å². The highest BCUT2D eigenvalue weighted by molar-refractivity contribution is 6.48. The summed E-state index contributed by atoms with van der Waals surface area (Å²) >= 11 is 28.4. The summed E-state index contributed by atoms with van der Waals surface area (Å²) in [5.74, 6) is 0. The molecule has 0 amide bonds. The van der Waals surface area contributed by atoms with Crippen LogP contribution >= 0.6 is 58.0 Å². The smallest absolute Gasteiger partial charge is 0.100 e. The minimum absolute atomic E-state index is 0.316. The highest BCUT2D eigenvalue weighted by atomic mass is 35.5. The summed E-state index contributed by atoms with van der Waals surface area (Å²) in [7, 11) is 0. The van der Waals surface area contributed by atoms with Gasteiger partial charge in [0.25, 0.3) is 0 Å². The second-order valence-corrected chi connectivity index (χ2v) is 4.39. The largest absolute Gasteiger partial charge is 0.132 e. The summed E-state index contributed by atoms with van der Waals surface area (Å²) in [6.07, 6.45) is 0. The molecule has 0 unspecified atom stereocenters. The number of hydrogen-bond donors (Lipinski definition) is 0. The maximum Gasteiger partial charge on any atom is 0.132 e. The Bertz CT molecular complexity index is 271. The van der Waals surface area contributed by atoms with Gasteiger partial charge in [-0.1, -0.05) is 34.8 Å². The van der Waals surface area contributed by atoms with E-state index in [-0.39, 0.29) is 0 Å². The highest BCUT2D eigenvalue weighted by Gasteiger charge is 2.09. The molecule has 0 atom stereocenters. The van der Waals surface area contributed by atoms with Crippen LogP contribution in [-0.2, 0) is 0 Å². The van der Waals surface area contributed by atoms with Gasteiger partial charge in [0.05, 0.1) is 15.1 Å². The molecule has 0 bridgehead atoms. The quantitative estimate of drug-likeness (QED) is 0.487. The summed E-state index contributed by atoms with van der Waals surface area (Å²) in [5.41, 5.74) is 0.637. The lowest BCUT2D eigenvalue weighted by molar-refractivity contribution is 1.35. The van der Waals surface area contributed by atoms with E-state index in [1.165, 1.54) is 0 Å². The van der Waals surface area contributed by atoms with E-state index in [2.05, 4.69) is 0 Å². The van der Waals surface area contributed by atoms with Gasteiger partial charge in [0.2, 0.25) is 0 Å². The van der Waals surface area contributed by atoms with Gasteiger partial charge in [0.1, 0.15) is 4.84 Å². The van der Waals surface area contributed by atoms with Crippen LogP contribution in [0, 0.1) is 0 Å². The first-order valence-corrected chi connectivity index (χ1v) is 4.95. The predicted molar refractivity (Wildman–Crippen MR) is 55.9 cm³/mol. The summed E-state index contributed by atoms with van der Waals surface area (Å²) < 4.78 is 0. The third kappa shape index (κ3) is 2.34. The molecule has 0 aliphatic rings. The molecule has 1 aromatic rings. The molecule has 0 saturated heterocycles. The van der Waals surface area contributed by atoms with Crippen LogP contribution in [0.25, 0.3) is 0 Å². The Kier molecular flexibility index (Phi) is 3.81. The number of benzene rings is 1. The number of hydrogen-bond acceptors (Lipinski definition) is 0. The van der Waals surface area contributed by atoms with E-state index in [0.29, 0.717) is 20.6 Å². The average molecular weight is 264 g/mol. The van der Waals surface area contributed by atoms with Crippen LogP contribution in [0.5, 0.6) is 0 Å². The minimum atomic E-state index is -0.641. The van der Waals surface area contributed by atoms with Crippen molar-refractivity contribution < 1.29 is 0 Å². The van der Waals surface area contributed by atoms with Gasteiger partial charge >= 0.3 is 0 Å². The predicted octanol–water partition coefficient (Wildman–Crippen LogP) is 5.12. The van der Waals surface area contributed by atoms with Gasteiger partial charge in [-0.3, -0.25) is 0 Å². The van der Waals surface area contributed by atoms with Crippen molar-refractivity contribution in [2.45, 2.75) is 4.84 Å². The fraction of sp³-hybridized carbons (Fsp3) is 0.143. The van der Waals surface area contributed by atoms with Gasteiger partial charge in [0.15, 0.2) is 0 Å². The van der Waals surface area contributed by atoms with E-state index in [1.807, 2.05) is 0 Å². The van der Waals surface area contributed by atoms with Crippen molar-refractivity contribution in [1.29, 1.82) is 0 Å². The van der Waals surface area contributed by atoms with Crippen LogP contribution in [0.15, 0.2) is 12.1 Å². The monoisotopic (exact) mass is 262 g/mol. The molecule has 0 spiro atoms. The molecule has 0 heterocycles. The van der Waals surface area contributed by atoms with Gasteiger partial charge in [-0.15, -0.1) is 23.2 Å². The molecule has 1 rings (SSSR count). The van der Waals surface area contributed by atoms with E-state index in [9.17, 15) is 0 Å². The highest BCUT2D eigenvalue weighted by Crippen LogP contribution is 2.35. The number of halogens is 5. The van der Waals surface area contributed by atoms with Gasteiger partial charge in [-0.2, -0.15) is 0 Å². The second-order valence-electron chi connectivity index (χ2n) is 2.10. The van der Waals surface area contributed by atoms with Crippen molar-refractivity contribution in [3.05, 3.63) is 32.8 Å². The molecule has 0 aliphatic heterocycles. The normalized spacial score (nSPS) is 10.8. The Hall–Kier alpha value is 0.670. The zero-order valence-electron chi connectivity index (χ0n) is 5.62. The molecule has 0 nitrogen and oxygen atoms in total. The molecule has 0 saturated carbocycles. The van der Waals surface area contributed by atoms with Crippen molar-refractivity contribution in [2.24, 2.45) is 0 Å². The molecule has 0 aromatic heterocycles. The standard InChI is InChI=1S/C7H3Cl5/c8-4-1-3(7(11)12)2-5(9)6(4)10/h1-2,7H. The van der Waals surface area contributed by atoms with E-state index in [4.69, 9.17) is 58.0 Å². The van der Waals surface area contributed by atoms with Crippen molar-refractivity contribution in [1.82, 2.24) is 0 Å². The second kappa shape index (κ2) is 4.26. The summed E-state index contributed by atoms with van der Waals surface area (Å²) in [6, 6.07) is 3.17. The molecule has 12 heavy (non-hydrogen) atoms. The molecule has 0 N–H and O–H groups in total. The van der Waals surface area contributed by atoms with E-state index in [0.717, 1.165) is 0 Å². The zero-order chi connectivity index (χ0) is 9.30. The molecule has 5 heteroatoms. The Morgan fingerprint density at radius 1 is 0.917 bits per heavy atom. The molecule has 0 aliphatic carbocycles. The molecule has 66 valence electrons. The van der Waals surface area contributed by atoms with Crippen LogP contribution in [0.3, 0.4) is 0 Å². The van der Waals surface area contributed by atoms with Gasteiger partial charge < -0.3 is 0 Å².